The molecule has 3 aromatic rings. The van der Waals surface area contributed by atoms with Crippen LogP contribution in [-0.4, -0.2) is 30.9 Å². The van der Waals surface area contributed by atoms with Crippen LogP contribution >= 0.6 is 15.9 Å². The number of aromatic nitrogens is 5. The lowest BCUT2D eigenvalue weighted by Crippen LogP contribution is -2.23. The molecule has 0 aliphatic rings. The number of amides is 1. The number of halogens is 1. The number of rotatable bonds is 4. The van der Waals surface area contributed by atoms with Crippen LogP contribution in [0.2, 0.25) is 0 Å². The zero-order valence-electron chi connectivity index (χ0n) is 14.2. The smallest absolute Gasteiger partial charge is 0.254 e. The highest BCUT2D eigenvalue weighted by Gasteiger charge is 2.19. The Labute approximate surface area is 154 Å². The summed E-state index contributed by atoms with van der Waals surface area (Å²) >= 11 is 3.40. The zero-order valence-corrected chi connectivity index (χ0v) is 15.8. The first kappa shape index (κ1) is 17.3. The molecule has 0 bridgehead atoms. The van der Waals surface area contributed by atoms with Crippen molar-refractivity contribution in [3.8, 4) is 5.69 Å². The molecule has 1 aromatic carbocycles. The third kappa shape index (κ3) is 4.14. The molecule has 2 heterocycles. The van der Waals surface area contributed by atoms with Gasteiger partial charge in [0.05, 0.1) is 24.0 Å². The van der Waals surface area contributed by atoms with Crippen LogP contribution in [0.25, 0.3) is 5.69 Å². The topological polar surface area (TPSA) is 88.5 Å². The lowest BCUT2D eigenvalue weighted by molar-refractivity contribution is 0.0950. The van der Waals surface area contributed by atoms with E-state index in [4.69, 9.17) is 0 Å². The maximum Gasteiger partial charge on any atom is 0.254 e. The van der Waals surface area contributed by atoms with Gasteiger partial charge in [0.15, 0.2) is 5.82 Å². The summed E-state index contributed by atoms with van der Waals surface area (Å²) in [5.74, 6) is 1.13. The van der Waals surface area contributed by atoms with Gasteiger partial charge < -0.3 is 5.32 Å². The van der Waals surface area contributed by atoms with Crippen molar-refractivity contribution < 1.29 is 4.79 Å². The Morgan fingerprint density at radius 3 is 2.64 bits per heavy atom. The average Bonchev–Trinajstić information content (AvgIpc) is 3.22. The van der Waals surface area contributed by atoms with Crippen molar-refractivity contribution >= 4 is 21.8 Å². The maximum atomic E-state index is 12.3. The number of carbonyl (C=O) groups is 1. The fourth-order valence-electron chi connectivity index (χ4n) is 2.15. The summed E-state index contributed by atoms with van der Waals surface area (Å²) in [6.45, 7) is 6.39. The second-order valence-electron chi connectivity index (χ2n) is 6.69. The first-order valence-corrected chi connectivity index (χ1v) is 8.63. The summed E-state index contributed by atoms with van der Waals surface area (Å²) < 4.78 is 2.65. The van der Waals surface area contributed by atoms with E-state index in [1.807, 2.05) is 45.0 Å². The molecular formula is C17H19BrN6O. The number of hydrogen-bond donors (Lipinski definition) is 2. The van der Waals surface area contributed by atoms with E-state index in [-0.39, 0.29) is 17.9 Å². The molecule has 0 aliphatic carbocycles. The molecule has 1 amide bonds. The predicted octanol–water partition coefficient (Wildman–Crippen LogP) is 2.98. The minimum absolute atomic E-state index is 0.134. The van der Waals surface area contributed by atoms with Crippen molar-refractivity contribution in [2.75, 3.05) is 0 Å². The monoisotopic (exact) mass is 402 g/mol. The van der Waals surface area contributed by atoms with Crippen LogP contribution in [0.15, 0.2) is 41.1 Å². The van der Waals surface area contributed by atoms with E-state index in [2.05, 4.69) is 41.5 Å². The average molecular weight is 403 g/mol. The molecule has 25 heavy (non-hydrogen) atoms. The summed E-state index contributed by atoms with van der Waals surface area (Å²) in [5.41, 5.74) is 1.23. The number of nitrogens with one attached hydrogen (secondary N) is 2. The van der Waals surface area contributed by atoms with Crippen LogP contribution in [0.4, 0.5) is 0 Å². The van der Waals surface area contributed by atoms with Crippen molar-refractivity contribution in [3.05, 3.63) is 58.3 Å². The van der Waals surface area contributed by atoms with E-state index in [0.717, 1.165) is 16.0 Å². The molecule has 0 spiro atoms. The number of H-pyrrole nitrogens is 1. The van der Waals surface area contributed by atoms with Gasteiger partial charge in [-0.15, -0.1) is 0 Å². The highest BCUT2D eigenvalue weighted by Crippen LogP contribution is 2.17. The van der Waals surface area contributed by atoms with Crippen molar-refractivity contribution in [3.63, 3.8) is 0 Å². The van der Waals surface area contributed by atoms with Crippen LogP contribution in [0.5, 0.6) is 0 Å². The Kier molecular flexibility index (Phi) is 4.71. The second-order valence-corrected chi connectivity index (χ2v) is 7.60. The fraction of sp³-hybridized carbons (Fsp3) is 0.294. The van der Waals surface area contributed by atoms with E-state index in [1.165, 1.54) is 0 Å². The molecule has 7 nitrogen and oxygen atoms in total. The van der Waals surface area contributed by atoms with Crippen LogP contribution < -0.4 is 5.32 Å². The van der Waals surface area contributed by atoms with E-state index >= 15 is 0 Å². The number of nitrogens with zero attached hydrogens (tertiary/aromatic N) is 4. The first-order valence-electron chi connectivity index (χ1n) is 7.83. The summed E-state index contributed by atoms with van der Waals surface area (Å²) in [5, 5.41) is 14.1. The van der Waals surface area contributed by atoms with Gasteiger partial charge in [0, 0.05) is 16.1 Å². The Balaban J connectivity index is 1.64. The van der Waals surface area contributed by atoms with E-state index in [1.54, 1.807) is 17.1 Å². The molecule has 130 valence electrons. The Hall–Kier alpha value is -2.48. The maximum absolute atomic E-state index is 12.3. The third-order valence-electron chi connectivity index (χ3n) is 3.55. The van der Waals surface area contributed by atoms with Gasteiger partial charge in [-0.05, 0) is 24.3 Å². The van der Waals surface area contributed by atoms with Gasteiger partial charge in [0.25, 0.3) is 5.91 Å². The fourth-order valence-corrected chi connectivity index (χ4v) is 2.42. The van der Waals surface area contributed by atoms with E-state index < -0.39 is 0 Å². The molecule has 0 unspecified atom stereocenters. The van der Waals surface area contributed by atoms with Crippen LogP contribution in [0.1, 0.15) is 42.8 Å². The molecule has 0 fully saturated rings. The minimum Gasteiger partial charge on any atom is -0.345 e. The molecule has 2 aromatic heterocycles. The number of hydrogen-bond acceptors (Lipinski definition) is 4. The van der Waals surface area contributed by atoms with Gasteiger partial charge in [-0.3, -0.25) is 9.89 Å². The van der Waals surface area contributed by atoms with Gasteiger partial charge in [-0.25, -0.2) is 9.67 Å². The molecule has 0 saturated heterocycles. The summed E-state index contributed by atoms with van der Waals surface area (Å²) in [7, 11) is 0. The molecule has 2 N–H and O–H groups in total. The first-order chi connectivity index (χ1) is 11.8. The SMILES string of the molecule is CC(C)(C)c1n[nH]c(CNC(=O)c2cnn(-c3ccc(Br)cc3)c2)n1. The van der Waals surface area contributed by atoms with Crippen LogP contribution in [-0.2, 0) is 12.0 Å². The zero-order chi connectivity index (χ0) is 18.0. The molecule has 3 rings (SSSR count). The van der Waals surface area contributed by atoms with Crippen molar-refractivity contribution in [1.82, 2.24) is 30.3 Å². The molecular weight excluding hydrogens is 384 g/mol. The molecule has 0 saturated carbocycles. The normalized spacial score (nSPS) is 11.5. The van der Waals surface area contributed by atoms with Gasteiger partial charge in [0.2, 0.25) is 0 Å². The predicted molar refractivity (Wildman–Crippen MR) is 97.5 cm³/mol. The Morgan fingerprint density at radius 1 is 1.28 bits per heavy atom. The molecule has 0 atom stereocenters. The number of benzene rings is 1. The molecule has 0 radical (unpaired) electrons. The standard InChI is InChI=1S/C17H19BrN6O/c1-17(2,3)16-21-14(22-23-16)9-19-15(25)11-8-20-24(10-11)13-6-4-12(18)5-7-13/h4-8,10H,9H2,1-3H3,(H,19,25)(H,21,22,23). The largest absolute Gasteiger partial charge is 0.345 e. The van der Waals surface area contributed by atoms with E-state index in [9.17, 15) is 4.79 Å². The van der Waals surface area contributed by atoms with E-state index in [0.29, 0.717) is 11.4 Å². The van der Waals surface area contributed by atoms with Crippen molar-refractivity contribution in [1.29, 1.82) is 0 Å². The van der Waals surface area contributed by atoms with Crippen LogP contribution in [0, 0.1) is 0 Å². The lowest BCUT2D eigenvalue weighted by atomic mass is 9.96. The molecule has 8 heteroatoms. The quantitative estimate of drug-likeness (QED) is 0.701. The second kappa shape index (κ2) is 6.79. The van der Waals surface area contributed by atoms with Gasteiger partial charge in [0.1, 0.15) is 5.82 Å². The number of aromatic amines is 1. The summed E-state index contributed by atoms with van der Waals surface area (Å²) in [4.78, 5) is 16.7. The molecule has 0 aliphatic heterocycles. The van der Waals surface area contributed by atoms with Crippen molar-refractivity contribution in [2.24, 2.45) is 0 Å². The minimum atomic E-state index is -0.211. The summed E-state index contributed by atoms with van der Waals surface area (Å²) in [6, 6.07) is 7.68. The highest BCUT2D eigenvalue weighted by molar-refractivity contribution is 9.10. The van der Waals surface area contributed by atoms with Gasteiger partial charge in [-0.1, -0.05) is 36.7 Å². The van der Waals surface area contributed by atoms with Crippen LogP contribution in [0.3, 0.4) is 0 Å². The Bertz CT molecular complexity index is 875. The highest BCUT2D eigenvalue weighted by atomic mass is 79.9. The number of carbonyl (C=O) groups excluding carboxylic acids is 1. The Morgan fingerprint density at radius 2 is 2.00 bits per heavy atom. The summed E-state index contributed by atoms with van der Waals surface area (Å²) in [6.07, 6.45) is 3.23. The third-order valence-corrected chi connectivity index (χ3v) is 4.08. The van der Waals surface area contributed by atoms with Gasteiger partial charge >= 0.3 is 0 Å². The lowest BCUT2D eigenvalue weighted by Gasteiger charge is -2.11. The van der Waals surface area contributed by atoms with Gasteiger partial charge in [-0.2, -0.15) is 10.2 Å². The van der Waals surface area contributed by atoms with Crippen molar-refractivity contribution in [2.45, 2.75) is 32.7 Å².